The molecule has 2 rings (SSSR count). The lowest BCUT2D eigenvalue weighted by atomic mass is 9.86. The molecule has 1 aromatic rings. The SMILES string of the molecule is CCCNc1cc(S(=O)(=O)N(C)CC2CCC2)ccn1. The third-order valence-electron chi connectivity index (χ3n) is 3.74. The molecule has 0 aromatic carbocycles. The standard InChI is InChI=1S/C14H23N3O2S/c1-3-8-15-14-10-13(7-9-16-14)20(18,19)17(2)11-12-5-4-6-12/h7,9-10,12H,3-6,8,11H2,1-2H3,(H,15,16). The van der Waals surface area contributed by atoms with E-state index in [-0.39, 0.29) is 0 Å². The van der Waals surface area contributed by atoms with E-state index in [2.05, 4.69) is 17.2 Å². The van der Waals surface area contributed by atoms with Crippen LogP contribution in [0, 0.1) is 5.92 Å². The van der Waals surface area contributed by atoms with E-state index >= 15 is 0 Å². The summed E-state index contributed by atoms with van der Waals surface area (Å²) in [6.07, 6.45) is 6.01. The molecule has 0 aliphatic heterocycles. The monoisotopic (exact) mass is 297 g/mol. The largest absolute Gasteiger partial charge is 0.370 e. The highest BCUT2D eigenvalue weighted by Gasteiger charge is 2.26. The van der Waals surface area contributed by atoms with Crippen LogP contribution in [0.15, 0.2) is 23.2 Å². The summed E-state index contributed by atoms with van der Waals surface area (Å²) in [7, 11) is -1.74. The molecule has 0 bridgehead atoms. The minimum Gasteiger partial charge on any atom is -0.370 e. The van der Waals surface area contributed by atoms with Crippen LogP contribution >= 0.6 is 0 Å². The molecule has 20 heavy (non-hydrogen) atoms. The highest BCUT2D eigenvalue weighted by atomic mass is 32.2. The van der Waals surface area contributed by atoms with Gasteiger partial charge in [0, 0.05) is 32.4 Å². The molecule has 0 saturated heterocycles. The number of hydrogen-bond donors (Lipinski definition) is 1. The van der Waals surface area contributed by atoms with Gasteiger partial charge < -0.3 is 5.32 Å². The maximum Gasteiger partial charge on any atom is 0.243 e. The number of rotatable bonds is 7. The summed E-state index contributed by atoms with van der Waals surface area (Å²) < 4.78 is 26.5. The number of pyridine rings is 1. The van der Waals surface area contributed by atoms with E-state index in [1.165, 1.54) is 10.7 Å². The zero-order valence-electron chi connectivity index (χ0n) is 12.2. The molecule has 1 saturated carbocycles. The van der Waals surface area contributed by atoms with E-state index in [1.54, 1.807) is 25.4 Å². The third-order valence-corrected chi connectivity index (χ3v) is 5.56. The smallest absolute Gasteiger partial charge is 0.243 e. The highest BCUT2D eigenvalue weighted by Crippen LogP contribution is 2.28. The Morgan fingerprint density at radius 2 is 2.20 bits per heavy atom. The van der Waals surface area contributed by atoms with E-state index in [9.17, 15) is 8.42 Å². The van der Waals surface area contributed by atoms with Gasteiger partial charge in [0.05, 0.1) is 4.90 Å². The molecule has 1 aliphatic carbocycles. The second-order valence-electron chi connectivity index (χ2n) is 5.39. The summed E-state index contributed by atoms with van der Waals surface area (Å²) in [4.78, 5) is 4.46. The Labute approximate surface area is 121 Å². The van der Waals surface area contributed by atoms with Crippen LogP contribution in [0.25, 0.3) is 0 Å². The number of aromatic nitrogens is 1. The Bertz CT molecular complexity index is 541. The third kappa shape index (κ3) is 3.49. The molecule has 1 N–H and O–H groups in total. The Balaban J connectivity index is 2.11. The van der Waals surface area contributed by atoms with E-state index in [0.29, 0.717) is 23.2 Å². The fourth-order valence-corrected chi connectivity index (χ4v) is 3.50. The second kappa shape index (κ2) is 6.54. The number of hydrogen-bond acceptors (Lipinski definition) is 4. The zero-order chi connectivity index (χ0) is 14.6. The van der Waals surface area contributed by atoms with Crippen molar-refractivity contribution in [2.45, 2.75) is 37.5 Å². The van der Waals surface area contributed by atoms with Crippen molar-refractivity contribution in [1.29, 1.82) is 0 Å². The minimum atomic E-state index is -3.40. The molecule has 0 unspecified atom stereocenters. The molecule has 1 fully saturated rings. The number of nitrogens with one attached hydrogen (secondary N) is 1. The summed E-state index contributed by atoms with van der Waals surface area (Å²) in [6.45, 7) is 3.46. The topological polar surface area (TPSA) is 62.3 Å². The maximum atomic E-state index is 12.5. The first-order valence-corrected chi connectivity index (χ1v) is 8.64. The van der Waals surface area contributed by atoms with Gasteiger partial charge in [0.1, 0.15) is 5.82 Å². The van der Waals surface area contributed by atoms with Gasteiger partial charge in [-0.05, 0) is 31.2 Å². The molecule has 0 spiro atoms. The van der Waals surface area contributed by atoms with E-state index in [0.717, 1.165) is 25.8 Å². The van der Waals surface area contributed by atoms with E-state index < -0.39 is 10.0 Å². The van der Waals surface area contributed by atoms with E-state index in [1.807, 2.05) is 0 Å². The first-order valence-electron chi connectivity index (χ1n) is 7.20. The molecule has 5 nitrogen and oxygen atoms in total. The Kier molecular flexibility index (Phi) is 4.99. The average Bonchev–Trinajstić information content (AvgIpc) is 2.40. The van der Waals surface area contributed by atoms with Crippen LogP contribution in [-0.2, 0) is 10.0 Å². The predicted octanol–water partition coefficient (Wildman–Crippen LogP) is 2.32. The van der Waals surface area contributed by atoms with Crippen molar-refractivity contribution in [2.75, 3.05) is 25.5 Å². The highest BCUT2D eigenvalue weighted by molar-refractivity contribution is 7.89. The molecule has 1 heterocycles. The summed E-state index contributed by atoms with van der Waals surface area (Å²) in [5, 5.41) is 3.11. The molecule has 0 amide bonds. The molecule has 1 aromatic heterocycles. The molecule has 1 aliphatic rings. The van der Waals surface area contributed by atoms with Crippen molar-refractivity contribution in [2.24, 2.45) is 5.92 Å². The van der Waals surface area contributed by atoms with Gasteiger partial charge >= 0.3 is 0 Å². The van der Waals surface area contributed by atoms with Crippen molar-refractivity contribution in [3.8, 4) is 0 Å². The van der Waals surface area contributed by atoms with Gasteiger partial charge in [-0.3, -0.25) is 0 Å². The summed E-state index contributed by atoms with van der Waals surface area (Å²) in [5.74, 6) is 1.14. The van der Waals surface area contributed by atoms with Crippen molar-refractivity contribution in [3.63, 3.8) is 0 Å². The Morgan fingerprint density at radius 3 is 2.80 bits per heavy atom. The molecular formula is C14H23N3O2S. The van der Waals surface area contributed by atoms with Gasteiger partial charge in [-0.25, -0.2) is 17.7 Å². The van der Waals surface area contributed by atoms with Gasteiger partial charge in [0.15, 0.2) is 0 Å². The maximum absolute atomic E-state index is 12.5. The first-order chi connectivity index (χ1) is 9.54. The van der Waals surface area contributed by atoms with Crippen LogP contribution in [0.5, 0.6) is 0 Å². The molecule has 0 atom stereocenters. The van der Waals surface area contributed by atoms with Gasteiger partial charge in [0.25, 0.3) is 0 Å². The fourth-order valence-electron chi connectivity index (χ4n) is 2.24. The fraction of sp³-hybridized carbons (Fsp3) is 0.643. The van der Waals surface area contributed by atoms with Crippen LogP contribution in [0.1, 0.15) is 32.6 Å². The lowest BCUT2D eigenvalue weighted by Gasteiger charge is -2.29. The first kappa shape index (κ1) is 15.3. The number of sulfonamides is 1. The molecular weight excluding hydrogens is 274 g/mol. The van der Waals surface area contributed by atoms with Gasteiger partial charge in [-0.2, -0.15) is 0 Å². The van der Waals surface area contributed by atoms with Crippen molar-refractivity contribution in [3.05, 3.63) is 18.3 Å². The zero-order valence-corrected chi connectivity index (χ0v) is 13.0. The second-order valence-corrected chi connectivity index (χ2v) is 7.43. The molecule has 6 heteroatoms. The predicted molar refractivity (Wildman–Crippen MR) is 80.2 cm³/mol. The van der Waals surface area contributed by atoms with Gasteiger partial charge in [0.2, 0.25) is 10.0 Å². The number of nitrogens with zero attached hydrogens (tertiary/aromatic N) is 2. The Morgan fingerprint density at radius 1 is 1.45 bits per heavy atom. The normalized spacial score (nSPS) is 16.1. The van der Waals surface area contributed by atoms with E-state index in [4.69, 9.17) is 0 Å². The van der Waals surface area contributed by atoms with Crippen LogP contribution < -0.4 is 5.32 Å². The summed E-state index contributed by atoms with van der Waals surface area (Å²) >= 11 is 0. The average molecular weight is 297 g/mol. The Hall–Kier alpha value is -1.14. The lowest BCUT2D eigenvalue weighted by Crippen LogP contribution is -2.34. The van der Waals surface area contributed by atoms with Gasteiger partial charge in [-0.1, -0.05) is 13.3 Å². The van der Waals surface area contributed by atoms with Crippen LogP contribution in [-0.4, -0.2) is 37.8 Å². The van der Waals surface area contributed by atoms with Crippen molar-refractivity contribution < 1.29 is 8.42 Å². The quantitative estimate of drug-likeness (QED) is 0.839. The van der Waals surface area contributed by atoms with Gasteiger partial charge in [-0.15, -0.1) is 0 Å². The lowest BCUT2D eigenvalue weighted by molar-refractivity contribution is 0.263. The van der Waals surface area contributed by atoms with Crippen LogP contribution in [0.3, 0.4) is 0 Å². The number of anilines is 1. The molecule has 112 valence electrons. The summed E-state index contributed by atoms with van der Waals surface area (Å²) in [6, 6.07) is 3.17. The minimum absolute atomic E-state index is 0.313. The summed E-state index contributed by atoms with van der Waals surface area (Å²) in [5.41, 5.74) is 0. The van der Waals surface area contributed by atoms with Crippen LogP contribution in [0.4, 0.5) is 5.82 Å². The molecule has 0 radical (unpaired) electrons. The van der Waals surface area contributed by atoms with Crippen LogP contribution in [0.2, 0.25) is 0 Å². The van der Waals surface area contributed by atoms with Crippen molar-refractivity contribution >= 4 is 15.8 Å². The van der Waals surface area contributed by atoms with Crippen molar-refractivity contribution in [1.82, 2.24) is 9.29 Å².